The van der Waals surface area contributed by atoms with Crippen LogP contribution in [0.25, 0.3) is 0 Å². The van der Waals surface area contributed by atoms with Crippen LogP contribution in [0, 0.1) is 13.8 Å². The molecule has 3 N–H and O–H groups in total. The minimum absolute atomic E-state index is 0.280. The third-order valence-corrected chi connectivity index (χ3v) is 3.19. The van der Waals surface area contributed by atoms with E-state index >= 15 is 0 Å². The number of rotatable bonds is 5. The van der Waals surface area contributed by atoms with Crippen LogP contribution in [0.15, 0.2) is 18.2 Å². The van der Waals surface area contributed by atoms with Crippen molar-refractivity contribution in [2.24, 2.45) is 5.73 Å². The van der Waals surface area contributed by atoms with Gasteiger partial charge in [-0.1, -0.05) is 18.2 Å². The standard InChI is InChI=1S/C14H24N2/c1-10-5-7-13(9-11(10)2)14(16-4)8-6-12(3)15/h5,7,9,12,14,16H,6,8,15H2,1-4H3. The van der Waals surface area contributed by atoms with E-state index in [-0.39, 0.29) is 6.04 Å². The zero-order chi connectivity index (χ0) is 12.1. The summed E-state index contributed by atoms with van der Waals surface area (Å²) in [6.07, 6.45) is 2.15. The second kappa shape index (κ2) is 6.02. The maximum atomic E-state index is 5.80. The van der Waals surface area contributed by atoms with Gasteiger partial charge in [0.2, 0.25) is 0 Å². The van der Waals surface area contributed by atoms with E-state index in [0.29, 0.717) is 6.04 Å². The van der Waals surface area contributed by atoms with Crippen molar-refractivity contribution in [1.29, 1.82) is 0 Å². The number of nitrogens with one attached hydrogen (secondary N) is 1. The predicted octanol–water partition coefficient (Wildman–Crippen LogP) is 2.69. The van der Waals surface area contributed by atoms with Gasteiger partial charge in [0.1, 0.15) is 0 Å². The maximum Gasteiger partial charge on any atom is 0.0318 e. The smallest absolute Gasteiger partial charge is 0.0318 e. The van der Waals surface area contributed by atoms with E-state index in [1.54, 1.807) is 0 Å². The number of hydrogen-bond acceptors (Lipinski definition) is 2. The molecule has 16 heavy (non-hydrogen) atoms. The van der Waals surface area contributed by atoms with Crippen molar-refractivity contribution in [3.05, 3.63) is 34.9 Å². The van der Waals surface area contributed by atoms with Crippen molar-refractivity contribution in [3.63, 3.8) is 0 Å². The van der Waals surface area contributed by atoms with E-state index in [1.807, 2.05) is 7.05 Å². The number of benzene rings is 1. The molecule has 1 aromatic rings. The summed E-state index contributed by atoms with van der Waals surface area (Å²) in [5.74, 6) is 0. The second-order valence-electron chi connectivity index (χ2n) is 4.74. The van der Waals surface area contributed by atoms with Crippen molar-refractivity contribution >= 4 is 0 Å². The van der Waals surface area contributed by atoms with Gasteiger partial charge in [0, 0.05) is 12.1 Å². The van der Waals surface area contributed by atoms with Crippen LogP contribution in [0.3, 0.4) is 0 Å². The molecule has 0 aliphatic heterocycles. The van der Waals surface area contributed by atoms with Crippen LogP contribution in [0.1, 0.15) is 42.5 Å². The van der Waals surface area contributed by atoms with Gasteiger partial charge in [0.25, 0.3) is 0 Å². The lowest BCUT2D eigenvalue weighted by molar-refractivity contribution is 0.496. The summed E-state index contributed by atoms with van der Waals surface area (Å²) < 4.78 is 0. The van der Waals surface area contributed by atoms with Gasteiger partial charge in [-0.25, -0.2) is 0 Å². The Hall–Kier alpha value is -0.860. The molecular weight excluding hydrogens is 196 g/mol. The van der Waals surface area contributed by atoms with E-state index in [1.165, 1.54) is 16.7 Å². The van der Waals surface area contributed by atoms with Crippen LogP contribution in [-0.4, -0.2) is 13.1 Å². The minimum atomic E-state index is 0.280. The van der Waals surface area contributed by atoms with Gasteiger partial charge >= 0.3 is 0 Å². The van der Waals surface area contributed by atoms with Crippen LogP contribution in [0.4, 0.5) is 0 Å². The highest BCUT2D eigenvalue weighted by Gasteiger charge is 2.10. The lowest BCUT2D eigenvalue weighted by Crippen LogP contribution is -2.21. The third-order valence-electron chi connectivity index (χ3n) is 3.19. The largest absolute Gasteiger partial charge is 0.328 e. The first-order valence-corrected chi connectivity index (χ1v) is 6.04. The van der Waals surface area contributed by atoms with Gasteiger partial charge < -0.3 is 11.1 Å². The Morgan fingerprint density at radius 1 is 1.19 bits per heavy atom. The first-order chi connectivity index (χ1) is 7.54. The molecule has 90 valence electrons. The highest BCUT2D eigenvalue weighted by molar-refractivity contribution is 5.31. The monoisotopic (exact) mass is 220 g/mol. The lowest BCUT2D eigenvalue weighted by atomic mass is 9.97. The molecule has 0 radical (unpaired) electrons. The van der Waals surface area contributed by atoms with E-state index in [4.69, 9.17) is 5.73 Å². The second-order valence-corrected chi connectivity index (χ2v) is 4.74. The van der Waals surface area contributed by atoms with Crippen molar-refractivity contribution in [1.82, 2.24) is 5.32 Å². The normalized spacial score (nSPS) is 14.8. The maximum absolute atomic E-state index is 5.80. The summed E-state index contributed by atoms with van der Waals surface area (Å²) >= 11 is 0. The fourth-order valence-electron chi connectivity index (χ4n) is 1.89. The predicted molar refractivity (Wildman–Crippen MR) is 70.6 cm³/mol. The summed E-state index contributed by atoms with van der Waals surface area (Å²) in [7, 11) is 2.01. The molecule has 0 saturated heterocycles. The third kappa shape index (κ3) is 3.62. The first-order valence-electron chi connectivity index (χ1n) is 6.04. The molecule has 2 nitrogen and oxygen atoms in total. The highest BCUT2D eigenvalue weighted by atomic mass is 14.9. The Morgan fingerprint density at radius 3 is 2.38 bits per heavy atom. The van der Waals surface area contributed by atoms with E-state index in [9.17, 15) is 0 Å². The van der Waals surface area contributed by atoms with Gasteiger partial charge in [-0.3, -0.25) is 0 Å². The molecular formula is C14H24N2. The zero-order valence-corrected chi connectivity index (χ0v) is 10.9. The molecule has 2 atom stereocenters. The molecule has 0 bridgehead atoms. The number of aryl methyl sites for hydroxylation is 2. The molecule has 0 heterocycles. The van der Waals surface area contributed by atoms with Crippen LogP contribution in [0.5, 0.6) is 0 Å². The SMILES string of the molecule is CNC(CCC(C)N)c1ccc(C)c(C)c1. The molecule has 0 aliphatic carbocycles. The number of nitrogens with two attached hydrogens (primary N) is 1. The van der Waals surface area contributed by atoms with Gasteiger partial charge in [-0.2, -0.15) is 0 Å². The average molecular weight is 220 g/mol. The Labute approximate surface area is 99.2 Å². The zero-order valence-electron chi connectivity index (χ0n) is 10.9. The van der Waals surface area contributed by atoms with Crippen LogP contribution < -0.4 is 11.1 Å². The molecule has 0 aliphatic rings. The first kappa shape index (κ1) is 13.2. The Kier molecular flexibility index (Phi) is 4.97. The van der Waals surface area contributed by atoms with Crippen molar-refractivity contribution < 1.29 is 0 Å². The molecule has 1 aromatic carbocycles. The molecule has 0 aromatic heterocycles. The van der Waals surface area contributed by atoms with Crippen LogP contribution in [0.2, 0.25) is 0 Å². The van der Waals surface area contributed by atoms with Crippen molar-refractivity contribution in [3.8, 4) is 0 Å². The van der Waals surface area contributed by atoms with Gasteiger partial charge in [-0.15, -0.1) is 0 Å². The molecule has 2 unspecified atom stereocenters. The number of hydrogen-bond donors (Lipinski definition) is 2. The molecule has 0 spiro atoms. The topological polar surface area (TPSA) is 38.0 Å². The highest BCUT2D eigenvalue weighted by Crippen LogP contribution is 2.21. The molecule has 1 rings (SSSR count). The van der Waals surface area contributed by atoms with Crippen molar-refractivity contribution in [2.45, 2.75) is 45.7 Å². The quantitative estimate of drug-likeness (QED) is 0.800. The van der Waals surface area contributed by atoms with E-state index in [0.717, 1.165) is 12.8 Å². The summed E-state index contributed by atoms with van der Waals surface area (Å²) in [4.78, 5) is 0. The summed E-state index contributed by atoms with van der Waals surface area (Å²) in [5.41, 5.74) is 9.88. The van der Waals surface area contributed by atoms with Gasteiger partial charge in [0.05, 0.1) is 0 Å². The Balaban J connectivity index is 2.74. The Bertz CT molecular complexity index is 332. The fraction of sp³-hybridized carbons (Fsp3) is 0.571. The fourth-order valence-corrected chi connectivity index (χ4v) is 1.89. The summed E-state index contributed by atoms with van der Waals surface area (Å²) in [6.45, 7) is 6.37. The lowest BCUT2D eigenvalue weighted by Gasteiger charge is -2.18. The molecule has 0 saturated carbocycles. The Morgan fingerprint density at radius 2 is 1.88 bits per heavy atom. The van der Waals surface area contributed by atoms with Crippen LogP contribution >= 0.6 is 0 Å². The van der Waals surface area contributed by atoms with Gasteiger partial charge in [0.15, 0.2) is 0 Å². The minimum Gasteiger partial charge on any atom is -0.328 e. The average Bonchev–Trinajstić information content (AvgIpc) is 2.23. The van der Waals surface area contributed by atoms with Crippen LogP contribution in [-0.2, 0) is 0 Å². The van der Waals surface area contributed by atoms with Crippen molar-refractivity contribution in [2.75, 3.05) is 7.05 Å². The summed E-state index contributed by atoms with van der Waals surface area (Å²) in [5, 5.41) is 3.36. The van der Waals surface area contributed by atoms with E-state index < -0.39 is 0 Å². The molecule has 2 heteroatoms. The molecule has 0 fully saturated rings. The summed E-state index contributed by atoms with van der Waals surface area (Å²) in [6, 6.07) is 7.39. The molecule has 0 amide bonds. The van der Waals surface area contributed by atoms with E-state index in [2.05, 4.69) is 44.3 Å². The van der Waals surface area contributed by atoms with Gasteiger partial charge in [-0.05, 0) is 57.4 Å².